The maximum absolute atomic E-state index is 13.3. The molecule has 0 aliphatic heterocycles. The number of alkyl halides is 3. The van der Waals surface area contributed by atoms with Crippen molar-refractivity contribution in [1.29, 1.82) is 0 Å². The Hall–Kier alpha value is -3.27. The Morgan fingerprint density at radius 2 is 1.92 bits per heavy atom. The molecule has 2 atom stereocenters. The highest BCUT2D eigenvalue weighted by Gasteiger charge is 2.40. The zero-order chi connectivity index (χ0) is 26.9. The number of aromatic nitrogens is 2. The molecule has 1 saturated carbocycles. The van der Waals surface area contributed by atoms with Crippen LogP contribution in [-0.2, 0) is 5.41 Å². The number of ether oxygens (including phenoxy) is 2. The van der Waals surface area contributed by atoms with Gasteiger partial charge in [0.1, 0.15) is 23.2 Å². The number of methoxy groups -OCH3 is 1. The van der Waals surface area contributed by atoms with Gasteiger partial charge in [-0.2, -0.15) is 13.9 Å². The van der Waals surface area contributed by atoms with Crippen molar-refractivity contribution in [3.05, 3.63) is 47.8 Å². The molecule has 0 spiro atoms. The smallest absolute Gasteiger partial charge is 0.387 e. The lowest BCUT2D eigenvalue weighted by Crippen LogP contribution is -2.37. The first-order chi connectivity index (χ1) is 17.6. The van der Waals surface area contributed by atoms with Gasteiger partial charge in [-0.3, -0.25) is 4.79 Å². The van der Waals surface area contributed by atoms with Gasteiger partial charge in [0.15, 0.2) is 0 Å². The fourth-order valence-corrected chi connectivity index (χ4v) is 4.58. The number of benzene rings is 1. The van der Waals surface area contributed by atoms with E-state index >= 15 is 0 Å². The van der Waals surface area contributed by atoms with Gasteiger partial charge >= 0.3 is 6.61 Å². The predicted molar refractivity (Wildman–Crippen MR) is 135 cm³/mol. The van der Waals surface area contributed by atoms with Crippen LogP contribution in [0.5, 0.6) is 11.5 Å². The minimum Gasteiger partial charge on any atom is -0.496 e. The number of halogens is 3. The minimum atomic E-state index is -3.17. The summed E-state index contributed by atoms with van der Waals surface area (Å²) in [5.74, 6) is -1.04. The van der Waals surface area contributed by atoms with E-state index in [0.29, 0.717) is 11.1 Å². The number of carbonyl (C=O) groups excluding carboxylic acids is 1. The van der Waals surface area contributed by atoms with Crippen molar-refractivity contribution in [2.24, 2.45) is 0 Å². The summed E-state index contributed by atoms with van der Waals surface area (Å²) >= 11 is 0. The fraction of sp³-hybridized carbons (Fsp3) is 0.481. The molecule has 1 aliphatic rings. The van der Waals surface area contributed by atoms with Crippen LogP contribution in [0.2, 0.25) is 0 Å². The average molecular weight is 519 g/mol. The summed E-state index contributed by atoms with van der Waals surface area (Å²) in [4.78, 5) is 15.1. The van der Waals surface area contributed by atoms with Crippen LogP contribution < -0.4 is 14.8 Å². The lowest BCUT2D eigenvalue weighted by molar-refractivity contribution is -0.0502. The number of fused-ring (bicyclic) bond motifs is 1. The van der Waals surface area contributed by atoms with Gasteiger partial charge < -0.3 is 19.7 Å². The summed E-state index contributed by atoms with van der Waals surface area (Å²) < 4.78 is 51.8. The molecule has 2 heterocycles. The van der Waals surface area contributed by atoms with Crippen molar-refractivity contribution in [3.8, 4) is 22.6 Å². The molecule has 1 aliphatic carbocycles. The molecule has 4 rings (SSSR count). The van der Waals surface area contributed by atoms with E-state index in [9.17, 15) is 18.0 Å². The molecule has 7 nitrogen and oxygen atoms in total. The maximum Gasteiger partial charge on any atom is 0.387 e. The molecule has 0 bridgehead atoms. The molecule has 1 aromatic carbocycles. The zero-order valence-corrected chi connectivity index (χ0v) is 21.7. The molecular formula is C27H33F3N4O3. The molecule has 10 heteroatoms. The molecule has 2 aromatic heterocycles. The van der Waals surface area contributed by atoms with Gasteiger partial charge in [0.25, 0.3) is 5.91 Å². The number of nitrogens with one attached hydrogen (secondary N) is 1. The standard InChI is InChI=1S/C27H33F3N4O3/c1-6-33(7-2)15-27(3,4)17-8-9-21-18(13-31-34(21)14-17)16-10-22(36-5)24(23(11-16)37-26(29)30)25(35)32-20-12-19(20)28/h8-11,13-14,19-20,26H,6-7,12,15H2,1-5H3,(H,32,35)/t19-,20+/m0/s1. The molecule has 37 heavy (non-hydrogen) atoms. The summed E-state index contributed by atoms with van der Waals surface area (Å²) in [6.07, 6.45) is 2.65. The van der Waals surface area contributed by atoms with Crippen LogP contribution in [-0.4, -0.2) is 66.0 Å². The SMILES string of the molecule is CCN(CC)CC(C)(C)c1ccc2c(-c3cc(OC)c(C(=O)N[C@@H]4C[C@@H]4F)c(OC(F)F)c3)cnn2c1. The first kappa shape index (κ1) is 26.8. The first-order valence-corrected chi connectivity index (χ1v) is 12.4. The van der Waals surface area contributed by atoms with Crippen molar-refractivity contribution in [1.82, 2.24) is 19.8 Å². The number of rotatable bonds is 11. The lowest BCUT2D eigenvalue weighted by atomic mass is 9.85. The van der Waals surface area contributed by atoms with E-state index in [-0.39, 0.29) is 28.9 Å². The Labute approximate surface area is 214 Å². The quantitative estimate of drug-likeness (QED) is 0.384. The van der Waals surface area contributed by atoms with Crippen LogP contribution in [0, 0.1) is 0 Å². The zero-order valence-electron chi connectivity index (χ0n) is 21.7. The number of likely N-dealkylation sites (N-methyl/N-ethyl adjacent to an activating group) is 1. The number of hydrogen-bond donors (Lipinski definition) is 1. The average Bonchev–Trinajstić information content (AvgIpc) is 3.37. The van der Waals surface area contributed by atoms with E-state index in [1.54, 1.807) is 16.8 Å². The van der Waals surface area contributed by atoms with Crippen molar-refractivity contribution < 1.29 is 27.4 Å². The van der Waals surface area contributed by atoms with Gasteiger partial charge in [-0.15, -0.1) is 0 Å². The molecule has 3 aromatic rings. The Morgan fingerprint density at radius 3 is 2.51 bits per heavy atom. The van der Waals surface area contributed by atoms with Crippen molar-refractivity contribution in [2.75, 3.05) is 26.7 Å². The number of pyridine rings is 1. The van der Waals surface area contributed by atoms with Crippen molar-refractivity contribution >= 4 is 11.4 Å². The lowest BCUT2D eigenvalue weighted by Gasteiger charge is -2.31. The Kier molecular flexibility index (Phi) is 7.68. The second-order valence-corrected chi connectivity index (χ2v) is 9.91. The summed E-state index contributed by atoms with van der Waals surface area (Å²) in [5, 5.41) is 7.00. The number of hydrogen-bond acceptors (Lipinski definition) is 5. The van der Waals surface area contributed by atoms with E-state index in [1.165, 1.54) is 13.2 Å². The van der Waals surface area contributed by atoms with Crippen LogP contribution in [0.15, 0.2) is 36.7 Å². The maximum atomic E-state index is 13.3. The number of carbonyl (C=O) groups is 1. The highest BCUT2D eigenvalue weighted by Crippen LogP contribution is 2.38. The topological polar surface area (TPSA) is 68.1 Å². The van der Waals surface area contributed by atoms with E-state index in [0.717, 1.165) is 30.7 Å². The summed E-state index contributed by atoms with van der Waals surface area (Å²) in [6.45, 7) is 8.30. The van der Waals surface area contributed by atoms with E-state index in [2.05, 4.69) is 43.0 Å². The van der Waals surface area contributed by atoms with Gasteiger partial charge in [0.2, 0.25) is 0 Å². The van der Waals surface area contributed by atoms with Crippen LogP contribution in [0.25, 0.3) is 16.6 Å². The van der Waals surface area contributed by atoms with Gasteiger partial charge in [-0.1, -0.05) is 33.8 Å². The van der Waals surface area contributed by atoms with Crippen LogP contribution in [0.3, 0.4) is 0 Å². The Bertz CT molecular complexity index is 1270. The third kappa shape index (κ3) is 5.69. The molecule has 0 radical (unpaired) electrons. The van der Waals surface area contributed by atoms with Crippen LogP contribution in [0.1, 0.15) is 50.0 Å². The molecular weight excluding hydrogens is 485 g/mol. The monoisotopic (exact) mass is 518 g/mol. The number of amides is 1. The van der Waals surface area contributed by atoms with Gasteiger partial charge in [-0.05, 0) is 42.4 Å². The van der Waals surface area contributed by atoms with E-state index < -0.39 is 24.7 Å². The summed E-state index contributed by atoms with van der Waals surface area (Å²) in [7, 11) is 1.33. The van der Waals surface area contributed by atoms with Gasteiger partial charge in [0.05, 0.1) is 24.9 Å². The van der Waals surface area contributed by atoms with Gasteiger partial charge in [0, 0.05) is 30.1 Å². The van der Waals surface area contributed by atoms with Crippen molar-refractivity contribution in [2.45, 2.75) is 58.4 Å². The van der Waals surface area contributed by atoms with Crippen molar-refractivity contribution in [3.63, 3.8) is 0 Å². The largest absolute Gasteiger partial charge is 0.496 e. The molecule has 1 N–H and O–H groups in total. The second kappa shape index (κ2) is 10.6. The van der Waals surface area contributed by atoms with E-state index in [1.807, 2.05) is 18.3 Å². The summed E-state index contributed by atoms with van der Waals surface area (Å²) in [5.41, 5.74) is 2.68. The molecule has 200 valence electrons. The first-order valence-electron chi connectivity index (χ1n) is 12.4. The fourth-order valence-electron chi connectivity index (χ4n) is 4.58. The highest BCUT2D eigenvalue weighted by atomic mass is 19.3. The highest BCUT2D eigenvalue weighted by molar-refractivity contribution is 6.01. The van der Waals surface area contributed by atoms with E-state index in [4.69, 9.17) is 9.47 Å². The molecule has 1 fully saturated rings. The minimum absolute atomic E-state index is 0.0398. The number of nitrogens with zero attached hydrogens (tertiary/aromatic N) is 3. The second-order valence-electron chi connectivity index (χ2n) is 9.91. The third-order valence-electron chi connectivity index (χ3n) is 6.88. The van der Waals surface area contributed by atoms with Crippen LogP contribution in [0.4, 0.5) is 13.2 Å². The van der Waals surface area contributed by atoms with Crippen LogP contribution >= 0.6 is 0 Å². The molecule has 1 amide bonds. The van der Waals surface area contributed by atoms with Gasteiger partial charge in [-0.25, -0.2) is 8.91 Å². The normalized spacial score (nSPS) is 17.5. The Morgan fingerprint density at radius 1 is 1.24 bits per heavy atom. The predicted octanol–water partition coefficient (Wildman–Crippen LogP) is 5.07. The Balaban J connectivity index is 1.73. The molecule has 0 saturated heterocycles. The third-order valence-corrected chi connectivity index (χ3v) is 6.88. The molecule has 0 unspecified atom stereocenters. The summed E-state index contributed by atoms with van der Waals surface area (Å²) in [6, 6.07) is 6.27.